The first-order valence-electron chi connectivity index (χ1n) is 7.41. The van der Waals surface area contributed by atoms with Gasteiger partial charge in [0.25, 0.3) is 0 Å². The topological polar surface area (TPSA) is 78.4 Å². The molecular formula is C16H24N2O3. The number of amides is 2. The van der Waals surface area contributed by atoms with Gasteiger partial charge in [-0.3, -0.25) is 4.79 Å². The van der Waals surface area contributed by atoms with Crippen LogP contribution in [0.1, 0.15) is 38.7 Å². The van der Waals surface area contributed by atoms with Gasteiger partial charge in [0.05, 0.1) is 0 Å². The molecule has 3 N–H and O–H groups in total. The lowest BCUT2D eigenvalue weighted by atomic mass is 10.0. The summed E-state index contributed by atoms with van der Waals surface area (Å²) in [5.41, 5.74) is 1.91. The summed E-state index contributed by atoms with van der Waals surface area (Å²) in [6, 6.07) is 7.42. The average molecular weight is 292 g/mol. The molecule has 2 amide bonds. The van der Waals surface area contributed by atoms with Gasteiger partial charge in [0, 0.05) is 18.7 Å². The number of carbonyl (C=O) groups is 2. The molecule has 5 nitrogen and oxygen atoms in total. The summed E-state index contributed by atoms with van der Waals surface area (Å²) in [6.45, 7) is 4.38. The van der Waals surface area contributed by atoms with Crippen LogP contribution in [0.3, 0.4) is 0 Å². The molecular weight excluding hydrogens is 268 g/mol. The minimum Gasteiger partial charge on any atom is -0.481 e. The highest BCUT2D eigenvalue weighted by molar-refractivity contribution is 5.90. The van der Waals surface area contributed by atoms with Crippen molar-refractivity contribution in [3.8, 4) is 0 Å². The Morgan fingerprint density at radius 2 is 1.95 bits per heavy atom. The summed E-state index contributed by atoms with van der Waals surface area (Å²) in [4.78, 5) is 22.6. The fourth-order valence-electron chi connectivity index (χ4n) is 2.14. The Bertz CT molecular complexity index is 474. The van der Waals surface area contributed by atoms with Crippen LogP contribution in [0.4, 0.5) is 10.5 Å². The minimum atomic E-state index is -0.836. The third-order valence-electron chi connectivity index (χ3n) is 3.38. The normalized spacial score (nSPS) is 11.7. The fourth-order valence-corrected chi connectivity index (χ4v) is 2.14. The fraction of sp³-hybridized carbons (Fsp3) is 0.500. The Hall–Kier alpha value is -2.04. The maximum Gasteiger partial charge on any atom is 0.319 e. The molecule has 1 aromatic rings. The van der Waals surface area contributed by atoms with Crippen molar-refractivity contribution < 1.29 is 14.7 Å². The monoisotopic (exact) mass is 292 g/mol. The van der Waals surface area contributed by atoms with E-state index in [0.717, 1.165) is 30.5 Å². The molecule has 116 valence electrons. The van der Waals surface area contributed by atoms with Crippen LogP contribution in [0.2, 0.25) is 0 Å². The zero-order valence-corrected chi connectivity index (χ0v) is 12.7. The molecule has 0 aliphatic rings. The summed E-state index contributed by atoms with van der Waals surface area (Å²) >= 11 is 0. The van der Waals surface area contributed by atoms with Crippen LogP contribution in [-0.4, -0.2) is 23.7 Å². The summed E-state index contributed by atoms with van der Waals surface area (Å²) in [6.07, 6.45) is 2.71. The number of anilines is 1. The lowest BCUT2D eigenvalue weighted by molar-refractivity contribution is -0.138. The molecule has 0 aromatic heterocycles. The lowest BCUT2D eigenvalue weighted by Crippen LogP contribution is -2.33. The molecule has 1 unspecified atom stereocenters. The molecule has 0 heterocycles. The van der Waals surface area contributed by atoms with Gasteiger partial charge >= 0.3 is 12.0 Å². The van der Waals surface area contributed by atoms with E-state index in [1.165, 1.54) is 0 Å². The third kappa shape index (κ3) is 6.29. The van der Waals surface area contributed by atoms with Crippen molar-refractivity contribution >= 4 is 17.7 Å². The Balaban J connectivity index is 2.52. The second-order valence-electron chi connectivity index (χ2n) is 5.11. The molecule has 0 saturated carbocycles. The molecule has 0 bridgehead atoms. The molecule has 1 atom stereocenters. The van der Waals surface area contributed by atoms with Gasteiger partial charge in [-0.1, -0.05) is 44.9 Å². The number of aryl methyl sites for hydroxylation is 1. The summed E-state index contributed by atoms with van der Waals surface area (Å²) in [5.74, 6) is -0.878. The smallest absolute Gasteiger partial charge is 0.319 e. The van der Waals surface area contributed by atoms with E-state index in [0.29, 0.717) is 6.54 Å². The number of carboxylic acid groups (broad SMARTS) is 1. The second kappa shape index (κ2) is 9.00. The van der Waals surface area contributed by atoms with Gasteiger partial charge in [-0.25, -0.2) is 4.79 Å². The molecule has 0 radical (unpaired) electrons. The zero-order chi connectivity index (χ0) is 15.7. The van der Waals surface area contributed by atoms with Crippen LogP contribution >= 0.6 is 0 Å². The first-order valence-corrected chi connectivity index (χ1v) is 7.41. The maximum atomic E-state index is 11.9. The number of nitrogens with one attached hydrogen (secondary N) is 2. The summed E-state index contributed by atoms with van der Waals surface area (Å²) in [7, 11) is 0. The highest BCUT2D eigenvalue weighted by Gasteiger charge is 2.13. The van der Waals surface area contributed by atoms with E-state index in [2.05, 4.69) is 17.6 Å². The first-order chi connectivity index (χ1) is 10.1. The molecule has 0 aliphatic heterocycles. The first kappa shape index (κ1) is 17.0. The van der Waals surface area contributed by atoms with E-state index in [9.17, 15) is 9.59 Å². The van der Waals surface area contributed by atoms with Crippen molar-refractivity contribution in [3.63, 3.8) is 0 Å². The predicted molar refractivity (Wildman–Crippen MR) is 83.5 cm³/mol. The number of para-hydroxylation sites is 1. The molecule has 0 fully saturated rings. The van der Waals surface area contributed by atoms with Crippen LogP contribution in [0.5, 0.6) is 0 Å². The molecule has 0 aliphatic carbocycles. The third-order valence-corrected chi connectivity index (χ3v) is 3.38. The number of rotatable bonds is 8. The number of benzene rings is 1. The van der Waals surface area contributed by atoms with Crippen molar-refractivity contribution in [2.75, 3.05) is 11.9 Å². The van der Waals surface area contributed by atoms with E-state index < -0.39 is 5.97 Å². The molecule has 1 rings (SSSR count). The zero-order valence-electron chi connectivity index (χ0n) is 12.7. The average Bonchev–Trinajstić information content (AvgIpc) is 2.45. The van der Waals surface area contributed by atoms with Gasteiger partial charge in [-0.05, 0) is 24.0 Å². The number of urea groups is 1. The van der Waals surface area contributed by atoms with Crippen molar-refractivity contribution in [1.29, 1.82) is 0 Å². The highest BCUT2D eigenvalue weighted by atomic mass is 16.4. The molecule has 0 saturated heterocycles. The van der Waals surface area contributed by atoms with Gasteiger partial charge < -0.3 is 15.7 Å². The van der Waals surface area contributed by atoms with Gasteiger partial charge in [-0.2, -0.15) is 0 Å². The van der Waals surface area contributed by atoms with Crippen LogP contribution in [0.25, 0.3) is 0 Å². The largest absolute Gasteiger partial charge is 0.481 e. The van der Waals surface area contributed by atoms with Crippen LogP contribution in [-0.2, 0) is 11.2 Å². The van der Waals surface area contributed by atoms with E-state index in [1.807, 2.05) is 31.2 Å². The highest BCUT2D eigenvalue weighted by Crippen LogP contribution is 2.16. The van der Waals surface area contributed by atoms with Crippen molar-refractivity contribution in [2.45, 2.75) is 39.5 Å². The number of hydrogen-bond acceptors (Lipinski definition) is 2. The number of hydrogen-bond donors (Lipinski definition) is 3. The number of aliphatic carboxylic acids is 1. The standard InChI is InChI=1S/C16H24N2O3/c1-3-7-13-8-5-6-9-14(13)18-16(21)17-11-12(4-2)10-15(19)20/h5-6,8-9,12H,3-4,7,10-11H2,1-2H3,(H,19,20)(H2,17,18,21). The van der Waals surface area contributed by atoms with E-state index >= 15 is 0 Å². The van der Waals surface area contributed by atoms with Gasteiger partial charge in [0.15, 0.2) is 0 Å². The Morgan fingerprint density at radius 3 is 2.57 bits per heavy atom. The lowest BCUT2D eigenvalue weighted by Gasteiger charge is -2.15. The van der Waals surface area contributed by atoms with Crippen molar-refractivity contribution in [1.82, 2.24) is 5.32 Å². The summed E-state index contributed by atoms with van der Waals surface area (Å²) < 4.78 is 0. The van der Waals surface area contributed by atoms with Crippen molar-refractivity contribution in [2.24, 2.45) is 5.92 Å². The van der Waals surface area contributed by atoms with E-state index in [-0.39, 0.29) is 18.4 Å². The number of carbonyl (C=O) groups excluding carboxylic acids is 1. The predicted octanol–water partition coefficient (Wildman–Crippen LogP) is 3.26. The Morgan fingerprint density at radius 1 is 1.24 bits per heavy atom. The van der Waals surface area contributed by atoms with Gasteiger partial charge in [0.1, 0.15) is 0 Å². The van der Waals surface area contributed by atoms with Crippen LogP contribution in [0, 0.1) is 5.92 Å². The van der Waals surface area contributed by atoms with Crippen LogP contribution in [0.15, 0.2) is 24.3 Å². The van der Waals surface area contributed by atoms with Gasteiger partial charge in [-0.15, -0.1) is 0 Å². The molecule has 0 spiro atoms. The van der Waals surface area contributed by atoms with E-state index in [1.54, 1.807) is 0 Å². The number of carboxylic acids is 1. The Labute approximate surface area is 125 Å². The van der Waals surface area contributed by atoms with Gasteiger partial charge in [0.2, 0.25) is 0 Å². The maximum absolute atomic E-state index is 11.9. The summed E-state index contributed by atoms with van der Waals surface area (Å²) in [5, 5.41) is 14.4. The molecule has 5 heteroatoms. The quantitative estimate of drug-likeness (QED) is 0.688. The Kier molecular flexibility index (Phi) is 7.29. The van der Waals surface area contributed by atoms with Crippen LogP contribution < -0.4 is 10.6 Å². The minimum absolute atomic E-state index is 0.0425. The second-order valence-corrected chi connectivity index (χ2v) is 5.11. The molecule has 21 heavy (non-hydrogen) atoms. The van der Waals surface area contributed by atoms with E-state index in [4.69, 9.17) is 5.11 Å². The van der Waals surface area contributed by atoms with Crippen molar-refractivity contribution in [3.05, 3.63) is 29.8 Å². The molecule has 1 aromatic carbocycles. The SMILES string of the molecule is CCCc1ccccc1NC(=O)NCC(CC)CC(=O)O.